The normalized spacial score (nSPS) is 19.0. The van der Waals surface area contributed by atoms with Crippen molar-refractivity contribution in [2.24, 2.45) is 0 Å². The van der Waals surface area contributed by atoms with E-state index in [1.165, 1.54) is 18.4 Å². The first kappa shape index (κ1) is 14.8. The van der Waals surface area contributed by atoms with Crippen molar-refractivity contribution in [2.45, 2.75) is 31.8 Å². The van der Waals surface area contributed by atoms with Gasteiger partial charge in [0.2, 0.25) is 5.95 Å². The van der Waals surface area contributed by atoms with Crippen LogP contribution in [0.25, 0.3) is 0 Å². The number of hydrogen-bond acceptors (Lipinski definition) is 5. The molecule has 5 heteroatoms. The number of likely N-dealkylation sites (tertiary alicyclic amines) is 1. The molecule has 0 saturated carbocycles. The molecule has 2 N–H and O–H groups in total. The van der Waals surface area contributed by atoms with Gasteiger partial charge in [0.05, 0.1) is 18.8 Å². The van der Waals surface area contributed by atoms with Crippen LogP contribution in [0.1, 0.15) is 36.6 Å². The molecule has 0 amide bonds. The number of hydrogen-bond donors (Lipinski definition) is 1. The van der Waals surface area contributed by atoms with Gasteiger partial charge in [-0.1, -0.05) is 24.6 Å². The number of nitrogen functional groups attached to an aromatic ring is 1. The predicted octanol–water partition coefficient (Wildman–Crippen LogP) is 2.79. The van der Waals surface area contributed by atoms with Crippen LogP contribution in [0.15, 0.2) is 36.5 Å². The van der Waals surface area contributed by atoms with Gasteiger partial charge in [0.1, 0.15) is 5.75 Å². The molecule has 1 aromatic carbocycles. The highest BCUT2D eigenvalue weighted by atomic mass is 16.5. The summed E-state index contributed by atoms with van der Waals surface area (Å²) in [6, 6.07) is 10.5. The van der Waals surface area contributed by atoms with E-state index < -0.39 is 0 Å². The number of ether oxygens (including phenoxy) is 1. The Morgan fingerprint density at radius 1 is 1.27 bits per heavy atom. The van der Waals surface area contributed by atoms with Gasteiger partial charge in [-0.2, -0.15) is 0 Å². The summed E-state index contributed by atoms with van der Waals surface area (Å²) < 4.78 is 5.47. The van der Waals surface area contributed by atoms with Crippen LogP contribution in [0.5, 0.6) is 5.75 Å². The zero-order valence-electron chi connectivity index (χ0n) is 12.9. The van der Waals surface area contributed by atoms with Crippen LogP contribution in [0.3, 0.4) is 0 Å². The van der Waals surface area contributed by atoms with E-state index in [0.717, 1.165) is 31.0 Å². The quantitative estimate of drug-likeness (QED) is 0.940. The van der Waals surface area contributed by atoms with Crippen LogP contribution >= 0.6 is 0 Å². The molecule has 1 unspecified atom stereocenters. The summed E-state index contributed by atoms with van der Waals surface area (Å²) in [5.74, 6) is 1.29. The van der Waals surface area contributed by atoms with E-state index in [9.17, 15) is 0 Å². The highest BCUT2D eigenvalue weighted by Crippen LogP contribution is 2.32. The van der Waals surface area contributed by atoms with Gasteiger partial charge in [-0.3, -0.25) is 4.90 Å². The highest BCUT2D eigenvalue weighted by molar-refractivity contribution is 5.33. The van der Waals surface area contributed by atoms with E-state index in [0.29, 0.717) is 12.0 Å². The molecule has 2 aromatic rings. The molecule has 1 aromatic heterocycles. The van der Waals surface area contributed by atoms with Gasteiger partial charge < -0.3 is 10.5 Å². The molecular weight excluding hydrogens is 276 g/mol. The summed E-state index contributed by atoms with van der Waals surface area (Å²) in [6.45, 7) is 1.92. The summed E-state index contributed by atoms with van der Waals surface area (Å²) in [6.07, 6.45) is 5.28. The lowest BCUT2D eigenvalue weighted by Crippen LogP contribution is -2.33. The second kappa shape index (κ2) is 6.75. The van der Waals surface area contributed by atoms with Gasteiger partial charge in [0.15, 0.2) is 0 Å². The van der Waals surface area contributed by atoms with Gasteiger partial charge in [-0.05, 0) is 31.5 Å². The lowest BCUT2D eigenvalue weighted by Gasteiger charge is -2.35. The molecule has 0 radical (unpaired) electrons. The minimum Gasteiger partial charge on any atom is -0.496 e. The van der Waals surface area contributed by atoms with Crippen molar-refractivity contribution in [2.75, 3.05) is 19.4 Å². The lowest BCUT2D eigenvalue weighted by atomic mass is 9.98. The van der Waals surface area contributed by atoms with Gasteiger partial charge in [-0.15, -0.1) is 0 Å². The molecule has 1 aliphatic heterocycles. The molecule has 0 aliphatic carbocycles. The zero-order chi connectivity index (χ0) is 15.4. The predicted molar refractivity (Wildman–Crippen MR) is 86.4 cm³/mol. The summed E-state index contributed by atoms with van der Waals surface area (Å²) in [5, 5.41) is 0. The molecule has 1 fully saturated rings. The fraction of sp³-hybridized carbons (Fsp3) is 0.412. The third-order valence-electron chi connectivity index (χ3n) is 4.22. The van der Waals surface area contributed by atoms with Crippen molar-refractivity contribution in [3.63, 3.8) is 0 Å². The van der Waals surface area contributed by atoms with Gasteiger partial charge in [0.25, 0.3) is 0 Å². The van der Waals surface area contributed by atoms with Gasteiger partial charge in [0, 0.05) is 18.3 Å². The minimum absolute atomic E-state index is 0.295. The molecule has 22 heavy (non-hydrogen) atoms. The zero-order valence-corrected chi connectivity index (χ0v) is 12.9. The van der Waals surface area contributed by atoms with E-state index in [4.69, 9.17) is 10.5 Å². The Balaban J connectivity index is 1.84. The standard InChI is InChI=1S/C17H22N4O/c1-22-16-8-3-2-6-13(16)12-21-11-5-4-7-15(21)14-9-10-19-17(18)20-14/h2-3,6,8-10,15H,4-5,7,11-12H2,1H3,(H2,18,19,20). The number of aromatic nitrogens is 2. The van der Waals surface area contributed by atoms with Crippen LogP contribution in [-0.4, -0.2) is 28.5 Å². The van der Waals surface area contributed by atoms with Crippen molar-refractivity contribution >= 4 is 5.95 Å². The van der Waals surface area contributed by atoms with Crippen LogP contribution in [0, 0.1) is 0 Å². The maximum atomic E-state index is 5.75. The first-order valence-corrected chi connectivity index (χ1v) is 7.72. The first-order chi connectivity index (χ1) is 10.8. The summed E-state index contributed by atoms with van der Waals surface area (Å²) in [7, 11) is 1.72. The second-order valence-electron chi connectivity index (χ2n) is 5.63. The Kier molecular flexibility index (Phi) is 4.53. The second-order valence-corrected chi connectivity index (χ2v) is 5.63. The molecule has 5 nitrogen and oxygen atoms in total. The average Bonchev–Trinajstić information content (AvgIpc) is 2.56. The number of nitrogens with zero attached hydrogens (tertiary/aromatic N) is 3. The fourth-order valence-corrected chi connectivity index (χ4v) is 3.14. The van der Waals surface area contributed by atoms with E-state index in [1.807, 2.05) is 18.2 Å². The molecule has 0 bridgehead atoms. The minimum atomic E-state index is 0.295. The molecule has 1 atom stereocenters. The van der Waals surface area contributed by atoms with Crippen molar-refractivity contribution in [3.8, 4) is 5.75 Å². The Morgan fingerprint density at radius 3 is 2.95 bits per heavy atom. The van der Waals surface area contributed by atoms with Crippen molar-refractivity contribution < 1.29 is 4.74 Å². The van der Waals surface area contributed by atoms with E-state index >= 15 is 0 Å². The van der Waals surface area contributed by atoms with Gasteiger partial charge >= 0.3 is 0 Å². The number of piperidine rings is 1. The first-order valence-electron chi connectivity index (χ1n) is 7.72. The van der Waals surface area contributed by atoms with E-state index in [-0.39, 0.29) is 0 Å². The van der Waals surface area contributed by atoms with Crippen LogP contribution in [0.2, 0.25) is 0 Å². The molecule has 1 aliphatic rings. The Morgan fingerprint density at radius 2 is 2.14 bits per heavy atom. The summed E-state index contributed by atoms with van der Waals surface area (Å²) in [5.41, 5.74) is 7.97. The topological polar surface area (TPSA) is 64.3 Å². The van der Waals surface area contributed by atoms with Crippen molar-refractivity contribution in [1.82, 2.24) is 14.9 Å². The fourth-order valence-electron chi connectivity index (χ4n) is 3.14. The number of rotatable bonds is 4. The number of anilines is 1. The molecule has 116 valence electrons. The number of benzene rings is 1. The molecule has 3 rings (SSSR count). The Bertz CT molecular complexity index is 632. The lowest BCUT2D eigenvalue weighted by molar-refractivity contribution is 0.136. The Hall–Kier alpha value is -2.14. The van der Waals surface area contributed by atoms with Crippen LogP contribution < -0.4 is 10.5 Å². The number of methoxy groups -OCH3 is 1. The van der Waals surface area contributed by atoms with Crippen LogP contribution in [0.4, 0.5) is 5.95 Å². The Labute approximate surface area is 131 Å². The number of nitrogens with two attached hydrogens (primary N) is 1. The maximum Gasteiger partial charge on any atom is 0.220 e. The van der Waals surface area contributed by atoms with Crippen LogP contribution in [-0.2, 0) is 6.54 Å². The molecule has 1 saturated heterocycles. The SMILES string of the molecule is COc1ccccc1CN1CCCCC1c1ccnc(N)n1. The number of para-hydroxylation sites is 1. The average molecular weight is 298 g/mol. The molecule has 2 heterocycles. The third kappa shape index (κ3) is 3.20. The van der Waals surface area contributed by atoms with E-state index in [2.05, 4.69) is 27.0 Å². The smallest absolute Gasteiger partial charge is 0.220 e. The third-order valence-corrected chi connectivity index (χ3v) is 4.22. The van der Waals surface area contributed by atoms with E-state index in [1.54, 1.807) is 13.3 Å². The van der Waals surface area contributed by atoms with Gasteiger partial charge in [-0.25, -0.2) is 9.97 Å². The maximum absolute atomic E-state index is 5.75. The molecular formula is C17H22N4O. The summed E-state index contributed by atoms with van der Waals surface area (Å²) in [4.78, 5) is 10.9. The van der Waals surface area contributed by atoms with Crippen molar-refractivity contribution in [1.29, 1.82) is 0 Å². The van der Waals surface area contributed by atoms with Crippen molar-refractivity contribution in [3.05, 3.63) is 47.8 Å². The summed E-state index contributed by atoms with van der Waals surface area (Å²) >= 11 is 0. The highest BCUT2D eigenvalue weighted by Gasteiger charge is 2.26. The molecule has 0 spiro atoms. The largest absolute Gasteiger partial charge is 0.496 e. The monoisotopic (exact) mass is 298 g/mol.